The monoisotopic (exact) mass is 415 g/mol. The maximum Gasteiger partial charge on any atom is 0.248 e. The van der Waals surface area contributed by atoms with Crippen molar-refractivity contribution < 1.29 is 4.79 Å². The molecule has 30 heavy (non-hydrogen) atoms. The van der Waals surface area contributed by atoms with Crippen molar-refractivity contribution in [1.82, 2.24) is 14.8 Å². The van der Waals surface area contributed by atoms with Crippen LogP contribution in [-0.4, -0.2) is 20.7 Å². The van der Waals surface area contributed by atoms with E-state index in [9.17, 15) is 4.79 Å². The fourth-order valence-electron chi connectivity index (χ4n) is 3.99. The van der Waals surface area contributed by atoms with Crippen molar-refractivity contribution in [3.63, 3.8) is 0 Å². The first kappa shape index (κ1) is 18.4. The second-order valence-corrected chi connectivity index (χ2v) is 7.59. The Kier molecular flexibility index (Phi) is 4.29. The van der Waals surface area contributed by atoms with Crippen LogP contribution in [-0.2, 0) is 4.79 Å². The molecule has 1 aliphatic rings. The van der Waals surface area contributed by atoms with E-state index < -0.39 is 11.9 Å². The van der Waals surface area contributed by atoms with Crippen LogP contribution in [0.3, 0.4) is 0 Å². The van der Waals surface area contributed by atoms with Crippen LogP contribution in [0.4, 0.5) is 5.95 Å². The van der Waals surface area contributed by atoms with Crippen molar-refractivity contribution in [1.29, 1.82) is 0 Å². The zero-order valence-electron chi connectivity index (χ0n) is 16.1. The van der Waals surface area contributed by atoms with E-state index in [1.807, 2.05) is 48.5 Å². The average Bonchev–Trinajstić information content (AvgIpc) is 3.16. The van der Waals surface area contributed by atoms with Crippen molar-refractivity contribution in [2.75, 3.05) is 5.32 Å². The molecule has 6 nitrogen and oxygen atoms in total. The summed E-state index contributed by atoms with van der Waals surface area (Å²) in [4.78, 5) is 17.1. The second kappa shape index (κ2) is 7.00. The quantitative estimate of drug-likeness (QED) is 0.515. The van der Waals surface area contributed by atoms with Crippen molar-refractivity contribution in [2.45, 2.75) is 13.0 Å². The highest BCUT2D eigenvalue weighted by Gasteiger charge is 2.34. The molecule has 0 bridgehead atoms. The Hall–Kier alpha value is -3.64. The molecule has 5 rings (SSSR count). The van der Waals surface area contributed by atoms with Gasteiger partial charge in [-0.2, -0.15) is 4.98 Å². The summed E-state index contributed by atoms with van der Waals surface area (Å²) in [5.74, 6) is 0.563. The van der Waals surface area contributed by atoms with E-state index in [1.54, 1.807) is 17.7 Å². The van der Waals surface area contributed by atoms with Crippen LogP contribution >= 0.6 is 11.6 Å². The summed E-state index contributed by atoms with van der Waals surface area (Å²) >= 11 is 6.49. The predicted molar refractivity (Wildman–Crippen MR) is 118 cm³/mol. The van der Waals surface area contributed by atoms with Gasteiger partial charge in [0.25, 0.3) is 0 Å². The third kappa shape index (κ3) is 2.84. The van der Waals surface area contributed by atoms with Gasteiger partial charge in [-0.05, 0) is 23.8 Å². The molecule has 0 radical (unpaired) electrons. The Labute approximate surface area is 178 Å². The highest BCUT2D eigenvalue weighted by atomic mass is 35.5. The Morgan fingerprint density at radius 2 is 1.80 bits per heavy atom. The molecule has 0 saturated carbocycles. The third-order valence-electron chi connectivity index (χ3n) is 5.35. The van der Waals surface area contributed by atoms with Crippen LogP contribution in [0.1, 0.15) is 18.5 Å². The van der Waals surface area contributed by atoms with Gasteiger partial charge in [0.05, 0.1) is 5.57 Å². The van der Waals surface area contributed by atoms with Crippen LogP contribution in [0.15, 0.2) is 78.0 Å². The first-order chi connectivity index (χ1) is 14.5. The summed E-state index contributed by atoms with van der Waals surface area (Å²) in [6.45, 7) is 1.81. The number of carbonyl (C=O) groups excluding carboxylic acids is 1. The molecule has 3 N–H and O–H groups in total. The average molecular weight is 416 g/mol. The molecule has 2 heterocycles. The fraction of sp³-hybridized carbons (Fsp3) is 0.0870. The van der Waals surface area contributed by atoms with Crippen molar-refractivity contribution in [3.8, 4) is 11.4 Å². The number of nitrogens with zero attached hydrogens (tertiary/aromatic N) is 3. The lowest BCUT2D eigenvalue weighted by Gasteiger charge is -2.28. The molecule has 0 aliphatic carbocycles. The van der Waals surface area contributed by atoms with Crippen molar-refractivity contribution >= 4 is 34.2 Å². The number of aromatic nitrogens is 3. The number of nitrogens with two attached hydrogens (primary N) is 1. The van der Waals surface area contributed by atoms with Gasteiger partial charge in [0.1, 0.15) is 6.04 Å². The lowest BCUT2D eigenvalue weighted by molar-refractivity contribution is -0.115. The van der Waals surface area contributed by atoms with Gasteiger partial charge in [-0.3, -0.25) is 4.79 Å². The number of nitrogens with one attached hydrogen (secondary N) is 1. The van der Waals surface area contributed by atoms with Gasteiger partial charge in [-0.1, -0.05) is 72.3 Å². The molecule has 1 atom stereocenters. The van der Waals surface area contributed by atoms with Crippen LogP contribution < -0.4 is 11.1 Å². The van der Waals surface area contributed by atoms with E-state index in [0.717, 1.165) is 21.9 Å². The molecule has 1 aromatic heterocycles. The van der Waals surface area contributed by atoms with Gasteiger partial charge in [-0.25, -0.2) is 4.68 Å². The molecular weight excluding hydrogens is 398 g/mol. The van der Waals surface area contributed by atoms with E-state index in [-0.39, 0.29) is 0 Å². The molecule has 1 amide bonds. The van der Waals surface area contributed by atoms with Crippen molar-refractivity contribution in [3.05, 3.63) is 88.6 Å². The minimum Gasteiger partial charge on any atom is -0.366 e. The van der Waals surface area contributed by atoms with Crippen LogP contribution in [0.5, 0.6) is 0 Å². The first-order valence-corrected chi connectivity index (χ1v) is 9.89. The molecule has 148 valence electrons. The predicted octanol–water partition coefficient (Wildman–Crippen LogP) is 4.53. The Morgan fingerprint density at radius 3 is 2.60 bits per heavy atom. The summed E-state index contributed by atoms with van der Waals surface area (Å²) < 4.78 is 1.69. The Morgan fingerprint density at radius 1 is 1.07 bits per heavy atom. The van der Waals surface area contributed by atoms with E-state index in [4.69, 9.17) is 27.4 Å². The van der Waals surface area contributed by atoms with E-state index in [2.05, 4.69) is 17.4 Å². The number of hydrogen-bond donors (Lipinski definition) is 2. The lowest BCUT2D eigenvalue weighted by Crippen LogP contribution is -2.32. The van der Waals surface area contributed by atoms with Gasteiger partial charge in [0.2, 0.25) is 11.9 Å². The smallest absolute Gasteiger partial charge is 0.248 e. The number of anilines is 1. The number of benzene rings is 3. The van der Waals surface area contributed by atoms with E-state index in [0.29, 0.717) is 28.1 Å². The summed E-state index contributed by atoms with van der Waals surface area (Å²) in [5.41, 5.74) is 8.44. The standard InChI is InChI=1S/C23H18ClN5O/c1-13-19(21(25)30)20(17-10-4-5-12-18(17)24)29-23(26-13)27-22(28-29)16-11-6-8-14-7-2-3-9-15(14)16/h2-12,20H,1H3,(H2,25,30)(H,26,27,28). The summed E-state index contributed by atoms with van der Waals surface area (Å²) in [6.07, 6.45) is 0. The molecule has 0 spiro atoms. The molecule has 3 aromatic carbocycles. The maximum atomic E-state index is 12.3. The summed E-state index contributed by atoms with van der Waals surface area (Å²) in [7, 11) is 0. The highest BCUT2D eigenvalue weighted by molar-refractivity contribution is 6.31. The first-order valence-electron chi connectivity index (χ1n) is 9.51. The zero-order chi connectivity index (χ0) is 20.8. The summed E-state index contributed by atoms with van der Waals surface area (Å²) in [5, 5.41) is 10.6. The number of fused-ring (bicyclic) bond motifs is 2. The summed E-state index contributed by atoms with van der Waals surface area (Å²) in [6, 6.07) is 20.9. The number of amides is 1. The second-order valence-electron chi connectivity index (χ2n) is 7.18. The van der Waals surface area contributed by atoms with E-state index in [1.165, 1.54) is 0 Å². The largest absolute Gasteiger partial charge is 0.366 e. The van der Waals surface area contributed by atoms with E-state index >= 15 is 0 Å². The molecule has 4 aromatic rings. The van der Waals surface area contributed by atoms with Gasteiger partial charge < -0.3 is 11.1 Å². The Bertz CT molecular complexity index is 1340. The number of rotatable bonds is 3. The normalized spacial score (nSPS) is 15.7. The van der Waals surface area contributed by atoms with Gasteiger partial charge in [0, 0.05) is 21.8 Å². The van der Waals surface area contributed by atoms with Crippen LogP contribution in [0.2, 0.25) is 5.02 Å². The van der Waals surface area contributed by atoms with Crippen LogP contribution in [0, 0.1) is 0 Å². The molecule has 0 fully saturated rings. The molecular formula is C23H18ClN5O. The molecule has 1 aliphatic heterocycles. The molecule has 1 unspecified atom stereocenters. The minimum absolute atomic E-state index is 0.407. The lowest BCUT2D eigenvalue weighted by atomic mass is 9.95. The fourth-order valence-corrected chi connectivity index (χ4v) is 4.23. The highest BCUT2D eigenvalue weighted by Crippen LogP contribution is 2.39. The van der Waals surface area contributed by atoms with Crippen LogP contribution in [0.25, 0.3) is 22.2 Å². The number of hydrogen-bond acceptors (Lipinski definition) is 4. The maximum absolute atomic E-state index is 12.3. The number of primary amides is 1. The SMILES string of the molecule is CC1=C(C(N)=O)C(c2ccccc2Cl)n2nc(-c3cccc4ccccc34)nc2N1. The van der Waals surface area contributed by atoms with Gasteiger partial charge in [0.15, 0.2) is 5.82 Å². The van der Waals surface area contributed by atoms with Gasteiger partial charge in [-0.15, -0.1) is 5.10 Å². The number of carbonyl (C=O) groups is 1. The minimum atomic E-state index is -0.566. The molecule has 0 saturated heterocycles. The number of halogens is 1. The molecule has 7 heteroatoms. The topological polar surface area (TPSA) is 85.8 Å². The third-order valence-corrected chi connectivity index (χ3v) is 5.69. The van der Waals surface area contributed by atoms with Gasteiger partial charge >= 0.3 is 0 Å². The number of allylic oxidation sites excluding steroid dienone is 1. The Balaban J connectivity index is 1.73. The zero-order valence-corrected chi connectivity index (χ0v) is 16.9. The van der Waals surface area contributed by atoms with Crippen molar-refractivity contribution in [2.24, 2.45) is 5.73 Å².